The fourth-order valence-electron chi connectivity index (χ4n) is 1.71. The molecule has 0 spiro atoms. The molecular formula is C13H11N3O5. The summed E-state index contributed by atoms with van der Waals surface area (Å²) in [5.41, 5.74) is 0.0863. The van der Waals surface area contributed by atoms with E-state index in [-0.39, 0.29) is 22.9 Å². The van der Waals surface area contributed by atoms with E-state index in [2.05, 4.69) is 5.32 Å². The van der Waals surface area contributed by atoms with Crippen molar-refractivity contribution in [2.45, 2.75) is 0 Å². The lowest BCUT2D eigenvalue weighted by Crippen LogP contribution is -1.96. The van der Waals surface area contributed by atoms with E-state index in [1.807, 2.05) is 0 Å². The van der Waals surface area contributed by atoms with E-state index < -0.39 is 9.85 Å². The van der Waals surface area contributed by atoms with Crippen LogP contribution < -0.4 is 10.1 Å². The summed E-state index contributed by atoms with van der Waals surface area (Å²) in [6.07, 6.45) is 0. The van der Waals surface area contributed by atoms with Crippen LogP contribution in [0.5, 0.6) is 11.5 Å². The number of rotatable bonds is 5. The highest BCUT2D eigenvalue weighted by atomic mass is 16.6. The second-order valence-electron chi connectivity index (χ2n) is 4.05. The first-order valence-electron chi connectivity index (χ1n) is 5.90. The molecule has 0 atom stereocenters. The lowest BCUT2D eigenvalue weighted by molar-refractivity contribution is -0.386. The van der Waals surface area contributed by atoms with E-state index in [0.717, 1.165) is 0 Å². The first-order chi connectivity index (χ1) is 10.0. The van der Waals surface area contributed by atoms with Gasteiger partial charge in [-0.2, -0.15) is 0 Å². The fraction of sp³-hybridized carbons (Fsp3) is 0.0769. The maximum atomic E-state index is 10.9. The number of anilines is 1. The molecule has 0 unspecified atom stereocenters. The van der Waals surface area contributed by atoms with Crippen LogP contribution in [-0.4, -0.2) is 16.9 Å². The van der Waals surface area contributed by atoms with Crippen molar-refractivity contribution in [2.75, 3.05) is 12.4 Å². The summed E-state index contributed by atoms with van der Waals surface area (Å²) >= 11 is 0. The summed E-state index contributed by atoms with van der Waals surface area (Å²) < 4.78 is 5.42. The van der Waals surface area contributed by atoms with Gasteiger partial charge in [-0.25, -0.2) is 0 Å². The van der Waals surface area contributed by atoms with Crippen LogP contribution in [0.3, 0.4) is 0 Å². The average Bonchev–Trinajstić information content (AvgIpc) is 2.47. The Hall–Kier alpha value is -3.16. The normalized spacial score (nSPS) is 9.95. The van der Waals surface area contributed by atoms with Crippen LogP contribution in [0.1, 0.15) is 0 Å². The minimum absolute atomic E-state index is 0.0186. The van der Waals surface area contributed by atoms with Gasteiger partial charge < -0.3 is 10.1 Å². The highest BCUT2D eigenvalue weighted by Crippen LogP contribution is 2.34. The van der Waals surface area contributed by atoms with Gasteiger partial charge in [0, 0.05) is 30.9 Å². The second kappa shape index (κ2) is 5.87. The molecule has 0 aliphatic heterocycles. The smallest absolute Gasteiger partial charge is 0.311 e. The lowest BCUT2D eigenvalue weighted by atomic mass is 10.2. The molecule has 0 aromatic heterocycles. The number of benzene rings is 2. The predicted molar refractivity (Wildman–Crippen MR) is 75.8 cm³/mol. The Morgan fingerprint density at radius 1 is 1.05 bits per heavy atom. The third kappa shape index (κ3) is 3.24. The van der Waals surface area contributed by atoms with Gasteiger partial charge in [-0.3, -0.25) is 20.2 Å². The molecule has 0 fully saturated rings. The van der Waals surface area contributed by atoms with Crippen LogP contribution in [-0.2, 0) is 0 Å². The number of non-ortho nitro benzene ring substituents is 1. The van der Waals surface area contributed by atoms with Gasteiger partial charge in [0.2, 0.25) is 5.75 Å². The molecule has 8 heteroatoms. The van der Waals surface area contributed by atoms with Crippen LogP contribution in [0.15, 0.2) is 42.5 Å². The molecule has 21 heavy (non-hydrogen) atoms. The van der Waals surface area contributed by atoms with Crippen molar-refractivity contribution in [3.8, 4) is 11.5 Å². The zero-order chi connectivity index (χ0) is 15.4. The van der Waals surface area contributed by atoms with Gasteiger partial charge in [0.15, 0.2) is 0 Å². The molecule has 0 saturated carbocycles. The fourth-order valence-corrected chi connectivity index (χ4v) is 1.71. The largest absolute Gasteiger partial charge is 0.450 e. The second-order valence-corrected chi connectivity index (χ2v) is 4.05. The average molecular weight is 289 g/mol. The summed E-state index contributed by atoms with van der Waals surface area (Å²) in [5.74, 6) is 0.160. The van der Waals surface area contributed by atoms with Gasteiger partial charge in [0.25, 0.3) is 5.69 Å². The van der Waals surface area contributed by atoms with E-state index >= 15 is 0 Å². The molecule has 0 aliphatic carbocycles. The summed E-state index contributed by atoms with van der Waals surface area (Å²) in [5, 5.41) is 24.5. The van der Waals surface area contributed by atoms with Gasteiger partial charge in [-0.05, 0) is 6.07 Å². The van der Waals surface area contributed by atoms with Crippen LogP contribution in [0.2, 0.25) is 0 Å². The van der Waals surface area contributed by atoms with Gasteiger partial charge in [0.1, 0.15) is 5.75 Å². The van der Waals surface area contributed by atoms with Crippen molar-refractivity contribution in [3.63, 3.8) is 0 Å². The van der Waals surface area contributed by atoms with Crippen molar-refractivity contribution in [1.82, 2.24) is 0 Å². The Morgan fingerprint density at radius 2 is 1.76 bits per heavy atom. The van der Waals surface area contributed by atoms with Crippen molar-refractivity contribution in [3.05, 3.63) is 62.7 Å². The van der Waals surface area contributed by atoms with Crippen LogP contribution >= 0.6 is 0 Å². The number of ether oxygens (including phenoxy) is 1. The highest BCUT2D eigenvalue weighted by Gasteiger charge is 2.16. The molecule has 0 saturated heterocycles. The summed E-state index contributed by atoms with van der Waals surface area (Å²) in [7, 11) is 1.60. The number of nitro groups is 2. The van der Waals surface area contributed by atoms with Crippen LogP contribution in [0.25, 0.3) is 0 Å². The Balaban J connectivity index is 2.42. The molecule has 108 valence electrons. The Bertz CT molecular complexity index is 702. The van der Waals surface area contributed by atoms with Gasteiger partial charge >= 0.3 is 5.69 Å². The molecule has 0 radical (unpaired) electrons. The Kier molecular flexibility index (Phi) is 3.98. The molecular weight excluding hydrogens is 278 g/mol. The molecule has 2 aromatic carbocycles. The van der Waals surface area contributed by atoms with Crippen molar-refractivity contribution >= 4 is 17.1 Å². The number of hydrogen-bond acceptors (Lipinski definition) is 6. The molecule has 0 amide bonds. The molecule has 0 heterocycles. The number of para-hydroxylation sites is 2. The molecule has 2 aromatic rings. The minimum atomic E-state index is -0.578. The van der Waals surface area contributed by atoms with Gasteiger partial charge in [0.05, 0.1) is 15.9 Å². The summed E-state index contributed by atoms with van der Waals surface area (Å²) in [6, 6.07) is 9.88. The highest BCUT2D eigenvalue weighted by molar-refractivity contribution is 5.58. The standard InChI is InChI=1S/C13H11N3O5/c1-14-9-6-10(15(17)18)8-11(7-9)21-13-5-3-2-4-12(13)16(19)20/h2-8,14H,1H3. The zero-order valence-electron chi connectivity index (χ0n) is 11.0. The Morgan fingerprint density at radius 3 is 2.38 bits per heavy atom. The van der Waals surface area contributed by atoms with Crippen LogP contribution in [0, 0.1) is 20.2 Å². The first kappa shape index (κ1) is 14.3. The van der Waals surface area contributed by atoms with E-state index in [0.29, 0.717) is 5.69 Å². The SMILES string of the molecule is CNc1cc(Oc2ccccc2[N+](=O)[O-])cc([N+](=O)[O-])c1. The van der Waals surface area contributed by atoms with E-state index in [1.165, 1.54) is 36.4 Å². The van der Waals surface area contributed by atoms with Gasteiger partial charge in [-0.15, -0.1) is 0 Å². The molecule has 0 aliphatic rings. The Labute approximate surface area is 119 Å². The van der Waals surface area contributed by atoms with E-state index in [1.54, 1.807) is 13.1 Å². The quantitative estimate of drug-likeness (QED) is 0.668. The zero-order valence-corrected chi connectivity index (χ0v) is 11.0. The van der Waals surface area contributed by atoms with Crippen LogP contribution in [0.4, 0.5) is 17.1 Å². The minimum Gasteiger partial charge on any atom is -0.450 e. The van der Waals surface area contributed by atoms with Crippen molar-refractivity contribution < 1.29 is 14.6 Å². The van der Waals surface area contributed by atoms with E-state index in [9.17, 15) is 20.2 Å². The summed E-state index contributed by atoms with van der Waals surface area (Å²) in [4.78, 5) is 20.6. The number of nitro benzene ring substituents is 2. The van der Waals surface area contributed by atoms with Crippen molar-refractivity contribution in [2.24, 2.45) is 0 Å². The predicted octanol–water partition coefficient (Wildman–Crippen LogP) is 3.34. The maximum absolute atomic E-state index is 10.9. The van der Waals surface area contributed by atoms with Crippen molar-refractivity contribution in [1.29, 1.82) is 0 Å². The number of hydrogen-bond donors (Lipinski definition) is 1. The molecule has 2 rings (SSSR count). The third-order valence-electron chi connectivity index (χ3n) is 2.68. The van der Waals surface area contributed by atoms with E-state index in [4.69, 9.17) is 4.74 Å². The monoisotopic (exact) mass is 289 g/mol. The molecule has 1 N–H and O–H groups in total. The first-order valence-corrected chi connectivity index (χ1v) is 5.90. The molecule has 8 nitrogen and oxygen atoms in total. The third-order valence-corrected chi connectivity index (χ3v) is 2.68. The summed E-state index contributed by atoms with van der Waals surface area (Å²) in [6.45, 7) is 0. The maximum Gasteiger partial charge on any atom is 0.311 e. The topological polar surface area (TPSA) is 108 Å². The number of nitrogens with zero attached hydrogens (tertiary/aromatic N) is 2. The molecule has 0 bridgehead atoms. The lowest BCUT2D eigenvalue weighted by Gasteiger charge is -2.08. The van der Waals surface area contributed by atoms with Gasteiger partial charge in [-0.1, -0.05) is 12.1 Å². The number of nitrogens with one attached hydrogen (secondary N) is 1.